The molecule has 0 fully saturated rings. The van der Waals surface area contributed by atoms with E-state index < -0.39 is 0 Å². The molecule has 0 spiro atoms. The van der Waals surface area contributed by atoms with Crippen molar-refractivity contribution in [3.8, 4) is 5.75 Å². The largest absolute Gasteiger partial charge is 0.423 e. The molecule has 0 bridgehead atoms. The first-order valence-electron chi connectivity index (χ1n) is 10.9. The summed E-state index contributed by atoms with van der Waals surface area (Å²) in [6.45, 7) is 8.83. The summed E-state index contributed by atoms with van der Waals surface area (Å²) in [4.78, 5) is 21.1. The van der Waals surface area contributed by atoms with Crippen molar-refractivity contribution in [2.24, 2.45) is 0 Å². The van der Waals surface area contributed by atoms with Gasteiger partial charge in [0, 0.05) is 18.9 Å². The molecule has 5 heteroatoms. The Hall–Kier alpha value is -2.43. The number of esters is 1. The van der Waals surface area contributed by atoms with Crippen LogP contribution in [0.4, 0.5) is 5.95 Å². The number of aryl methyl sites for hydroxylation is 2. The summed E-state index contributed by atoms with van der Waals surface area (Å²) in [5.74, 6) is 1.28. The standard InChI is InChI=1S/C24H35N3O2/c1-5-7-10-16-22(28)29-23-18(3)26-24(27-19(23)4)25-17-21(13-8-6-2)20-14-11-9-12-15-20/h9,11-12,14-15,21H,5-8,10,13,16-17H2,1-4H3,(H,25,26,27). The lowest BCUT2D eigenvalue weighted by Gasteiger charge is -2.19. The monoisotopic (exact) mass is 397 g/mol. The summed E-state index contributed by atoms with van der Waals surface area (Å²) < 4.78 is 5.53. The Balaban J connectivity index is 2.02. The third kappa shape index (κ3) is 7.48. The molecule has 0 aliphatic carbocycles. The van der Waals surface area contributed by atoms with Crippen LogP contribution in [0.15, 0.2) is 30.3 Å². The average Bonchev–Trinajstić information content (AvgIpc) is 2.71. The molecule has 1 N–H and O–H groups in total. The van der Waals surface area contributed by atoms with Gasteiger partial charge in [0.2, 0.25) is 5.95 Å². The molecule has 1 atom stereocenters. The van der Waals surface area contributed by atoms with E-state index in [0.717, 1.165) is 32.2 Å². The number of rotatable bonds is 12. The number of nitrogens with one attached hydrogen (secondary N) is 1. The van der Waals surface area contributed by atoms with Gasteiger partial charge in [-0.1, -0.05) is 69.9 Å². The van der Waals surface area contributed by atoms with E-state index >= 15 is 0 Å². The van der Waals surface area contributed by atoms with Gasteiger partial charge in [0.15, 0.2) is 5.75 Å². The molecule has 1 aromatic carbocycles. The van der Waals surface area contributed by atoms with Crippen molar-refractivity contribution < 1.29 is 9.53 Å². The Kier molecular flexibility index (Phi) is 9.62. The number of unbranched alkanes of at least 4 members (excludes halogenated alkanes) is 3. The van der Waals surface area contributed by atoms with Gasteiger partial charge in [-0.3, -0.25) is 4.79 Å². The van der Waals surface area contributed by atoms with E-state index in [1.54, 1.807) is 0 Å². The highest BCUT2D eigenvalue weighted by Crippen LogP contribution is 2.25. The Morgan fingerprint density at radius 1 is 1.00 bits per heavy atom. The second kappa shape index (κ2) is 12.2. The predicted molar refractivity (Wildman–Crippen MR) is 118 cm³/mol. The lowest BCUT2D eigenvalue weighted by atomic mass is 9.93. The fraction of sp³-hybridized carbons (Fsp3) is 0.542. The number of ether oxygens (including phenoxy) is 1. The van der Waals surface area contributed by atoms with Crippen molar-refractivity contribution in [2.45, 2.75) is 78.6 Å². The molecule has 0 aliphatic heterocycles. The minimum absolute atomic E-state index is 0.210. The molecule has 0 amide bonds. The number of carbonyl (C=O) groups is 1. The average molecular weight is 398 g/mol. The number of benzene rings is 1. The Morgan fingerprint density at radius 2 is 1.66 bits per heavy atom. The molecule has 2 aromatic rings. The summed E-state index contributed by atoms with van der Waals surface area (Å²) in [5.41, 5.74) is 2.71. The summed E-state index contributed by atoms with van der Waals surface area (Å²) in [6, 6.07) is 10.6. The molecule has 0 saturated carbocycles. The maximum atomic E-state index is 12.1. The lowest BCUT2D eigenvalue weighted by molar-refractivity contribution is -0.134. The molecule has 1 heterocycles. The molecule has 5 nitrogen and oxygen atoms in total. The van der Waals surface area contributed by atoms with Gasteiger partial charge < -0.3 is 10.1 Å². The number of anilines is 1. The molecule has 0 aliphatic rings. The van der Waals surface area contributed by atoms with E-state index in [2.05, 4.69) is 53.4 Å². The molecule has 0 radical (unpaired) electrons. The molecule has 158 valence electrons. The van der Waals surface area contributed by atoms with Crippen molar-refractivity contribution in [1.82, 2.24) is 9.97 Å². The van der Waals surface area contributed by atoms with Crippen LogP contribution in [-0.4, -0.2) is 22.5 Å². The fourth-order valence-electron chi connectivity index (χ4n) is 3.39. The maximum Gasteiger partial charge on any atom is 0.311 e. The SMILES string of the molecule is CCCCCC(=O)Oc1c(C)nc(NCC(CCCC)c2ccccc2)nc1C. The fourth-order valence-corrected chi connectivity index (χ4v) is 3.39. The molecular weight excluding hydrogens is 362 g/mol. The summed E-state index contributed by atoms with van der Waals surface area (Å²) in [5, 5.41) is 3.39. The van der Waals surface area contributed by atoms with Crippen LogP contribution in [0.3, 0.4) is 0 Å². The third-order valence-electron chi connectivity index (χ3n) is 5.09. The number of aromatic nitrogens is 2. The van der Waals surface area contributed by atoms with E-state index in [-0.39, 0.29) is 5.97 Å². The number of carbonyl (C=O) groups excluding carboxylic acids is 1. The van der Waals surface area contributed by atoms with Crippen LogP contribution < -0.4 is 10.1 Å². The summed E-state index contributed by atoms with van der Waals surface area (Å²) in [7, 11) is 0. The third-order valence-corrected chi connectivity index (χ3v) is 5.09. The molecule has 29 heavy (non-hydrogen) atoms. The second-order valence-corrected chi connectivity index (χ2v) is 7.61. The van der Waals surface area contributed by atoms with Gasteiger partial charge in [0.05, 0.1) is 11.4 Å². The first kappa shape index (κ1) is 22.9. The van der Waals surface area contributed by atoms with Crippen LogP contribution >= 0.6 is 0 Å². The first-order valence-corrected chi connectivity index (χ1v) is 10.9. The minimum Gasteiger partial charge on any atom is -0.423 e. The van der Waals surface area contributed by atoms with Crippen LogP contribution in [0.1, 0.15) is 81.7 Å². The molecule has 0 saturated heterocycles. The highest BCUT2D eigenvalue weighted by molar-refractivity contribution is 5.72. The van der Waals surface area contributed by atoms with Gasteiger partial charge in [-0.05, 0) is 32.3 Å². The van der Waals surface area contributed by atoms with Gasteiger partial charge in [-0.2, -0.15) is 0 Å². The van der Waals surface area contributed by atoms with E-state index in [4.69, 9.17) is 4.74 Å². The zero-order chi connectivity index (χ0) is 21.1. The van der Waals surface area contributed by atoms with Gasteiger partial charge in [-0.15, -0.1) is 0 Å². The zero-order valence-corrected chi connectivity index (χ0v) is 18.3. The molecule has 2 rings (SSSR count). The van der Waals surface area contributed by atoms with Gasteiger partial charge >= 0.3 is 5.97 Å². The van der Waals surface area contributed by atoms with Crippen LogP contribution in [0.2, 0.25) is 0 Å². The Labute approximate surface area is 175 Å². The van der Waals surface area contributed by atoms with Crippen molar-refractivity contribution in [2.75, 3.05) is 11.9 Å². The van der Waals surface area contributed by atoms with Crippen LogP contribution in [0, 0.1) is 13.8 Å². The van der Waals surface area contributed by atoms with Crippen molar-refractivity contribution in [1.29, 1.82) is 0 Å². The van der Waals surface area contributed by atoms with Crippen LogP contribution in [-0.2, 0) is 4.79 Å². The smallest absolute Gasteiger partial charge is 0.311 e. The zero-order valence-electron chi connectivity index (χ0n) is 18.3. The van der Waals surface area contributed by atoms with Crippen molar-refractivity contribution in [3.05, 3.63) is 47.3 Å². The molecule has 1 unspecified atom stereocenters. The van der Waals surface area contributed by atoms with Crippen LogP contribution in [0.25, 0.3) is 0 Å². The molecule has 1 aromatic heterocycles. The van der Waals surface area contributed by atoms with E-state index in [0.29, 0.717) is 35.4 Å². The van der Waals surface area contributed by atoms with Crippen molar-refractivity contribution in [3.63, 3.8) is 0 Å². The number of nitrogens with zero attached hydrogens (tertiary/aromatic N) is 2. The predicted octanol–water partition coefficient (Wildman–Crippen LogP) is 5.97. The Morgan fingerprint density at radius 3 is 2.28 bits per heavy atom. The normalized spacial score (nSPS) is 11.9. The summed E-state index contributed by atoms with van der Waals surface area (Å²) in [6.07, 6.45) is 6.89. The topological polar surface area (TPSA) is 64.1 Å². The van der Waals surface area contributed by atoms with E-state index in [9.17, 15) is 4.79 Å². The molecular formula is C24H35N3O2. The minimum atomic E-state index is -0.210. The second-order valence-electron chi connectivity index (χ2n) is 7.61. The van der Waals surface area contributed by atoms with E-state index in [1.807, 2.05) is 19.9 Å². The highest BCUT2D eigenvalue weighted by atomic mass is 16.5. The van der Waals surface area contributed by atoms with Crippen molar-refractivity contribution >= 4 is 11.9 Å². The van der Waals surface area contributed by atoms with Crippen LogP contribution in [0.5, 0.6) is 5.75 Å². The lowest BCUT2D eigenvalue weighted by Crippen LogP contribution is -2.16. The number of hydrogen-bond acceptors (Lipinski definition) is 5. The van der Waals surface area contributed by atoms with Gasteiger partial charge in [0.25, 0.3) is 0 Å². The van der Waals surface area contributed by atoms with E-state index in [1.165, 1.54) is 18.4 Å². The highest BCUT2D eigenvalue weighted by Gasteiger charge is 2.16. The quantitative estimate of drug-likeness (QED) is 0.353. The van der Waals surface area contributed by atoms with Gasteiger partial charge in [-0.25, -0.2) is 9.97 Å². The van der Waals surface area contributed by atoms with Gasteiger partial charge in [0.1, 0.15) is 0 Å². The summed E-state index contributed by atoms with van der Waals surface area (Å²) >= 11 is 0. The number of hydrogen-bond donors (Lipinski definition) is 1. The first-order chi connectivity index (χ1) is 14.0. The maximum absolute atomic E-state index is 12.1. The Bertz CT molecular complexity index is 739.